The van der Waals surface area contributed by atoms with Crippen LogP contribution in [0.25, 0.3) is 0 Å². The van der Waals surface area contributed by atoms with E-state index in [0.29, 0.717) is 24.2 Å². The lowest BCUT2D eigenvalue weighted by atomic mass is 9.84. The van der Waals surface area contributed by atoms with E-state index in [0.717, 1.165) is 0 Å². The lowest BCUT2D eigenvalue weighted by molar-refractivity contribution is 0.314. The van der Waals surface area contributed by atoms with Crippen molar-refractivity contribution in [2.24, 2.45) is 17.8 Å². The summed E-state index contributed by atoms with van der Waals surface area (Å²) in [6.45, 7) is 8.47. The first-order chi connectivity index (χ1) is 5.66. The van der Waals surface area contributed by atoms with Gasteiger partial charge in [-0.25, -0.2) is 0 Å². The molecule has 0 aromatic rings. The molecule has 0 radical (unpaired) electrons. The third-order valence-corrected chi connectivity index (χ3v) is 3.23. The first-order valence-corrected chi connectivity index (χ1v) is 4.71. The molecule has 0 spiro atoms. The fraction of sp³-hybridized carbons (Fsp3) is 0.727. The fourth-order valence-corrected chi connectivity index (χ4v) is 2.21. The summed E-state index contributed by atoms with van der Waals surface area (Å²) in [4.78, 5) is 0. The van der Waals surface area contributed by atoms with Gasteiger partial charge in [-0.15, -0.1) is 0 Å². The molecule has 0 aliphatic heterocycles. The van der Waals surface area contributed by atoms with Gasteiger partial charge in [0.15, 0.2) is 0 Å². The summed E-state index contributed by atoms with van der Waals surface area (Å²) in [5, 5.41) is 8.58. The van der Waals surface area contributed by atoms with Crippen LogP contribution in [0, 0.1) is 29.1 Å². The average molecular weight is 163 g/mol. The minimum atomic E-state index is 0.546. The van der Waals surface area contributed by atoms with Gasteiger partial charge in [-0.2, -0.15) is 5.26 Å². The number of nitrogens with zero attached hydrogens (tertiary/aromatic N) is 1. The molecule has 1 nitrogen and oxygen atoms in total. The average Bonchev–Trinajstić information content (AvgIpc) is 2.34. The summed E-state index contributed by atoms with van der Waals surface area (Å²) in [7, 11) is 0. The van der Waals surface area contributed by atoms with Gasteiger partial charge in [0.25, 0.3) is 0 Å². The molecule has 66 valence electrons. The Hall–Kier alpha value is -0.770. The second-order valence-electron chi connectivity index (χ2n) is 3.99. The van der Waals surface area contributed by atoms with Crippen molar-refractivity contribution in [3.05, 3.63) is 12.2 Å². The number of allylic oxidation sites excluding steroid dienone is 1. The summed E-state index contributed by atoms with van der Waals surface area (Å²) in [5.74, 6) is 1.88. The van der Waals surface area contributed by atoms with Crippen LogP contribution in [-0.4, -0.2) is 0 Å². The Kier molecular flexibility index (Phi) is 2.92. The van der Waals surface area contributed by atoms with Gasteiger partial charge in [0, 0.05) is 6.42 Å². The molecule has 2 unspecified atom stereocenters. The van der Waals surface area contributed by atoms with Crippen molar-refractivity contribution in [2.45, 2.75) is 33.1 Å². The number of hydrogen-bond acceptors (Lipinski definition) is 1. The quantitative estimate of drug-likeness (QED) is 0.574. The van der Waals surface area contributed by atoms with Gasteiger partial charge in [-0.1, -0.05) is 26.0 Å². The minimum absolute atomic E-state index is 0.546. The van der Waals surface area contributed by atoms with Crippen molar-refractivity contribution in [3.63, 3.8) is 0 Å². The summed E-state index contributed by atoms with van der Waals surface area (Å²) in [5.41, 5.74) is 1.38. The van der Waals surface area contributed by atoms with Gasteiger partial charge in [0.1, 0.15) is 0 Å². The lowest BCUT2D eigenvalue weighted by Crippen LogP contribution is -2.14. The third kappa shape index (κ3) is 1.69. The van der Waals surface area contributed by atoms with E-state index in [2.05, 4.69) is 26.5 Å². The number of hydrogen-bond donors (Lipinski definition) is 0. The maximum atomic E-state index is 8.58. The molecule has 1 fully saturated rings. The Morgan fingerprint density at radius 1 is 1.75 bits per heavy atom. The van der Waals surface area contributed by atoms with Crippen LogP contribution in [-0.2, 0) is 0 Å². The largest absolute Gasteiger partial charge is 0.198 e. The van der Waals surface area contributed by atoms with Crippen molar-refractivity contribution in [1.82, 2.24) is 0 Å². The first kappa shape index (κ1) is 9.32. The molecule has 12 heavy (non-hydrogen) atoms. The summed E-state index contributed by atoms with van der Waals surface area (Å²) >= 11 is 0. The van der Waals surface area contributed by atoms with E-state index in [4.69, 9.17) is 5.26 Å². The van der Waals surface area contributed by atoms with Crippen LogP contribution in [0.15, 0.2) is 12.2 Å². The van der Waals surface area contributed by atoms with Crippen LogP contribution >= 0.6 is 0 Å². The van der Waals surface area contributed by atoms with Crippen molar-refractivity contribution >= 4 is 0 Å². The Bertz CT molecular complexity index is 212. The summed E-state index contributed by atoms with van der Waals surface area (Å²) in [6.07, 6.45) is 3.10. The van der Waals surface area contributed by atoms with Gasteiger partial charge in [-0.3, -0.25) is 0 Å². The molecule has 0 N–H and O–H groups in total. The normalized spacial score (nSPS) is 31.6. The maximum Gasteiger partial charge on any atom is 0.0624 e. The second kappa shape index (κ2) is 3.76. The van der Waals surface area contributed by atoms with Gasteiger partial charge >= 0.3 is 0 Å². The van der Waals surface area contributed by atoms with Crippen LogP contribution in [0.5, 0.6) is 0 Å². The third-order valence-electron chi connectivity index (χ3n) is 3.23. The van der Waals surface area contributed by atoms with E-state index in [1.807, 2.05) is 0 Å². The molecule has 0 bridgehead atoms. The molecule has 1 saturated carbocycles. The van der Waals surface area contributed by atoms with Gasteiger partial charge in [-0.05, 0) is 30.6 Å². The Labute approximate surface area is 75.1 Å². The van der Waals surface area contributed by atoms with Crippen LogP contribution in [0.1, 0.15) is 33.1 Å². The predicted molar refractivity (Wildman–Crippen MR) is 50.4 cm³/mol. The Morgan fingerprint density at radius 2 is 2.42 bits per heavy atom. The molecule has 3 atom stereocenters. The van der Waals surface area contributed by atoms with Crippen molar-refractivity contribution in [3.8, 4) is 6.07 Å². The summed E-state index contributed by atoms with van der Waals surface area (Å²) in [6, 6.07) is 2.25. The highest BCUT2D eigenvalue weighted by atomic mass is 14.4. The topological polar surface area (TPSA) is 23.8 Å². The van der Waals surface area contributed by atoms with E-state index in [9.17, 15) is 0 Å². The smallest absolute Gasteiger partial charge is 0.0624 e. The monoisotopic (exact) mass is 163 g/mol. The SMILES string of the molecule is C=C1CCC(C(C)CC#N)[C@@H]1C. The second-order valence-corrected chi connectivity index (χ2v) is 3.99. The molecule has 1 aliphatic carbocycles. The summed E-state index contributed by atoms with van der Waals surface area (Å²) < 4.78 is 0. The van der Waals surface area contributed by atoms with Crippen LogP contribution in [0.2, 0.25) is 0 Å². The van der Waals surface area contributed by atoms with E-state index in [1.165, 1.54) is 18.4 Å². The van der Waals surface area contributed by atoms with Crippen LogP contribution < -0.4 is 0 Å². The van der Waals surface area contributed by atoms with E-state index in [-0.39, 0.29) is 0 Å². The Balaban J connectivity index is 2.54. The van der Waals surface area contributed by atoms with E-state index in [1.54, 1.807) is 0 Å². The zero-order chi connectivity index (χ0) is 9.14. The molecular formula is C11H17N. The standard InChI is InChI=1S/C11H17N/c1-8-4-5-11(10(8)3)9(2)6-7-12/h9-11H,1,4-6H2,2-3H3/t9?,10-,11?/m1/s1. The highest BCUT2D eigenvalue weighted by molar-refractivity contribution is 5.08. The highest BCUT2D eigenvalue weighted by Crippen LogP contribution is 2.40. The van der Waals surface area contributed by atoms with Crippen molar-refractivity contribution in [1.29, 1.82) is 5.26 Å². The number of nitriles is 1. The van der Waals surface area contributed by atoms with Crippen molar-refractivity contribution < 1.29 is 0 Å². The van der Waals surface area contributed by atoms with Gasteiger partial charge in [0.2, 0.25) is 0 Å². The fourth-order valence-electron chi connectivity index (χ4n) is 2.21. The molecule has 1 aliphatic rings. The van der Waals surface area contributed by atoms with E-state index >= 15 is 0 Å². The van der Waals surface area contributed by atoms with Gasteiger partial charge < -0.3 is 0 Å². The molecule has 0 amide bonds. The van der Waals surface area contributed by atoms with Gasteiger partial charge in [0.05, 0.1) is 6.07 Å². The molecule has 0 heterocycles. The van der Waals surface area contributed by atoms with Crippen LogP contribution in [0.4, 0.5) is 0 Å². The molecule has 0 saturated heterocycles. The van der Waals surface area contributed by atoms with Crippen LogP contribution in [0.3, 0.4) is 0 Å². The molecule has 1 rings (SSSR count). The lowest BCUT2D eigenvalue weighted by Gasteiger charge is -2.20. The van der Waals surface area contributed by atoms with E-state index < -0.39 is 0 Å². The Morgan fingerprint density at radius 3 is 2.83 bits per heavy atom. The predicted octanol–water partition coefficient (Wildman–Crippen LogP) is 3.14. The minimum Gasteiger partial charge on any atom is -0.198 e. The zero-order valence-corrected chi connectivity index (χ0v) is 8.01. The molecular weight excluding hydrogens is 146 g/mol. The molecule has 0 aromatic heterocycles. The number of rotatable bonds is 2. The van der Waals surface area contributed by atoms with Crippen molar-refractivity contribution in [2.75, 3.05) is 0 Å². The zero-order valence-electron chi connectivity index (χ0n) is 8.01. The molecule has 0 aromatic carbocycles. The molecule has 1 heteroatoms. The maximum absolute atomic E-state index is 8.58. The highest BCUT2D eigenvalue weighted by Gasteiger charge is 2.30. The first-order valence-electron chi connectivity index (χ1n) is 4.71.